The van der Waals surface area contributed by atoms with E-state index in [-0.39, 0.29) is 42.9 Å². The number of rotatable bonds is 6. The minimum atomic E-state index is -3.92. The van der Waals surface area contributed by atoms with Crippen LogP contribution in [0.2, 0.25) is 0 Å². The number of nitrogens with one attached hydrogen (secondary N) is 1. The van der Waals surface area contributed by atoms with Crippen molar-refractivity contribution >= 4 is 44.1 Å². The Morgan fingerprint density at radius 2 is 1.98 bits per heavy atom. The molecular weight excluding hydrogens is 548 g/mol. The fourth-order valence-electron chi connectivity index (χ4n) is 5.36. The standard InChI is InChI=1S/C28H34N6O4S2/c1-6-18-7-9-22-19(13-18)14-25(29-22)40(37,38)33-11-12-34(21(17-33)16-26(35)32(4)5)28(36)27-30-23-10-8-20(31(2)3)15-24(23)39-27/h1,7,9,13-14,20-21,29H,8,10-12,15-17H2,2-5H3. The normalized spacial score (nSPS) is 19.9. The average molecular weight is 583 g/mol. The van der Waals surface area contributed by atoms with Crippen molar-refractivity contribution in [2.24, 2.45) is 0 Å². The van der Waals surface area contributed by atoms with Crippen LogP contribution >= 0.6 is 11.3 Å². The summed E-state index contributed by atoms with van der Waals surface area (Å²) in [7, 11) is 3.51. The second kappa shape index (κ2) is 11.0. The van der Waals surface area contributed by atoms with E-state index in [9.17, 15) is 18.0 Å². The maximum atomic E-state index is 13.7. The number of carbonyl (C=O) groups excluding carboxylic acids is 2. The Labute approximate surface area is 239 Å². The van der Waals surface area contributed by atoms with Crippen molar-refractivity contribution in [3.63, 3.8) is 0 Å². The number of fused-ring (bicyclic) bond motifs is 2. The van der Waals surface area contributed by atoms with Crippen molar-refractivity contribution in [1.29, 1.82) is 0 Å². The van der Waals surface area contributed by atoms with E-state index < -0.39 is 16.1 Å². The number of benzene rings is 1. The van der Waals surface area contributed by atoms with Gasteiger partial charge in [-0.3, -0.25) is 9.59 Å². The molecule has 2 aliphatic rings. The van der Waals surface area contributed by atoms with Gasteiger partial charge in [0.15, 0.2) is 5.01 Å². The molecule has 1 aliphatic carbocycles. The molecule has 2 amide bonds. The molecule has 0 saturated carbocycles. The molecule has 0 spiro atoms. The molecule has 40 heavy (non-hydrogen) atoms. The number of aryl methyl sites for hydroxylation is 1. The van der Waals surface area contributed by atoms with Crippen molar-refractivity contribution in [2.45, 2.75) is 42.8 Å². The van der Waals surface area contributed by atoms with Crippen LogP contribution in [0.15, 0.2) is 29.3 Å². The third kappa shape index (κ3) is 5.39. The smallest absolute Gasteiger partial charge is 0.283 e. The summed E-state index contributed by atoms with van der Waals surface area (Å²) in [5, 5.41) is 1.16. The maximum Gasteiger partial charge on any atom is 0.283 e. The maximum absolute atomic E-state index is 13.7. The average Bonchev–Trinajstić information content (AvgIpc) is 3.56. The molecule has 0 bridgehead atoms. The predicted molar refractivity (Wildman–Crippen MR) is 155 cm³/mol. The number of H-pyrrole nitrogens is 1. The number of hydrogen-bond acceptors (Lipinski definition) is 7. The van der Waals surface area contributed by atoms with Crippen LogP contribution < -0.4 is 0 Å². The lowest BCUT2D eigenvalue weighted by Gasteiger charge is -2.40. The molecule has 1 aromatic carbocycles. The lowest BCUT2D eigenvalue weighted by atomic mass is 9.97. The number of nitrogens with zero attached hydrogens (tertiary/aromatic N) is 5. The second-order valence-electron chi connectivity index (χ2n) is 10.8. The van der Waals surface area contributed by atoms with Crippen LogP contribution in [0.4, 0.5) is 0 Å². The largest absolute Gasteiger partial charge is 0.349 e. The highest BCUT2D eigenvalue weighted by Crippen LogP contribution is 2.31. The Morgan fingerprint density at radius 1 is 1.20 bits per heavy atom. The number of terminal acetylenes is 1. The van der Waals surface area contributed by atoms with Gasteiger partial charge in [0, 0.05) is 67.5 Å². The molecule has 12 heteroatoms. The van der Waals surface area contributed by atoms with Gasteiger partial charge in [-0.05, 0) is 57.6 Å². The zero-order chi connectivity index (χ0) is 28.8. The summed E-state index contributed by atoms with van der Waals surface area (Å²) in [6.45, 7) is 0.279. The van der Waals surface area contributed by atoms with Crippen LogP contribution in [0, 0.1) is 12.3 Å². The Kier molecular flexibility index (Phi) is 7.76. The van der Waals surface area contributed by atoms with E-state index in [1.165, 1.54) is 20.5 Å². The van der Waals surface area contributed by atoms with E-state index in [0.717, 1.165) is 29.8 Å². The van der Waals surface area contributed by atoms with E-state index in [1.54, 1.807) is 43.3 Å². The molecule has 1 aliphatic heterocycles. The Morgan fingerprint density at radius 3 is 2.67 bits per heavy atom. The topological polar surface area (TPSA) is 110 Å². The molecule has 0 radical (unpaired) electrons. The molecular formula is C28H34N6O4S2. The van der Waals surface area contributed by atoms with Gasteiger partial charge in [0.05, 0.1) is 11.7 Å². The van der Waals surface area contributed by atoms with Crippen molar-refractivity contribution in [2.75, 3.05) is 47.8 Å². The highest BCUT2D eigenvalue weighted by molar-refractivity contribution is 7.89. The van der Waals surface area contributed by atoms with Gasteiger partial charge in [0.2, 0.25) is 5.91 Å². The zero-order valence-electron chi connectivity index (χ0n) is 23.2. The van der Waals surface area contributed by atoms with Gasteiger partial charge in [0.25, 0.3) is 15.9 Å². The molecule has 212 valence electrons. The summed E-state index contributed by atoms with van der Waals surface area (Å²) < 4.78 is 28.7. The number of amides is 2. The van der Waals surface area contributed by atoms with Crippen LogP contribution in [-0.4, -0.2) is 109 Å². The Hall–Kier alpha value is -3.24. The predicted octanol–water partition coefficient (Wildman–Crippen LogP) is 2.02. The van der Waals surface area contributed by atoms with Gasteiger partial charge in [0.1, 0.15) is 5.03 Å². The number of thiazole rings is 1. The van der Waals surface area contributed by atoms with Gasteiger partial charge in [-0.25, -0.2) is 13.4 Å². The molecule has 10 nitrogen and oxygen atoms in total. The molecule has 1 saturated heterocycles. The number of hydrogen-bond donors (Lipinski definition) is 1. The number of sulfonamides is 1. The van der Waals surface area contributed by atoms with E-state index in [0.29, 0.717) is 27.5 Å². The van der Waals surface area contributed by atoms with Crippen LogP contribution in [-0.2, 0) is 27.7 Å². The SMILES string of the molecule is C#Cc1ccc2[nH]c(S(=O)(=O)N3CCN(C(=O)c4nc5c(s4)CC(N(C)C)CC5)C(CC(=O)N(C)C)C3)cc2c1. The van der Waals surface area contributed by atoms with Crippen molar-refractivity contribution in [3.8, 4) is 12.3 Å². The number of aromatic amines is 1. The van der Waals surface area contributed by atoms with Crippen molar-refractivity contribution in [3.05, 3.63) is 45.4 Å². The first kappa shape index (κ1) is 28.3. The summed E-state index contributed by atoms with van der Waals surface area (Å²) >= 11 is 1.42. The highest BCUT2D eigenvalue weighted by Gasteiger charge is 2.39. The molecule has 5 rings (SSSR count). The Bertz CT molecular complexity index is 1600. The summed E-state index contributed by atoms with van der Waals surface area (Å²) in [6.07, 6.45) is 8.18. The van der Waals surface area contributed by atoms with Gasteiger partial charge < -0.3 is 19.7 Å². The molecule has 1 N–H and O–H groups in total. The van der Waals surface area contributed by atoms with Gasteiger partial charge >= 0.3 is 0 Å². The van der Waals surface area contributed by atoms with Crippen molar-refractivity contribution < 1.29 is 18.0 Å². The molecule has 2 atom stereocenters. The molecule has 3 aromatic rings. The lowest BCUT2D eigenvalue weighted by Crippen LogP contribution is -2.57. The fraction of sp³-hybridized carbons (Fsp3) is 0.464. The van der Waals surface area contributed by atoms with Crippen LogP contribution in [0.3, 0.4) is 0 Å². The first-order chi connectivity index (χ1) is 19.0. The quantitative estimate of drug-likeness (QED) is 0.446. The molecule has 2 unspecified atom stereocenters. The summed E-state index contributed by atoms with van der Waals surface area (Å²) in [6, 6.07) is 6.63. The lowest BCUT2D eigenvalue weighted by molar-refractivity contribution is -0.130. The first-order valence-electron chi connectivity index (χ1n) is 13.2. The minimum absolute atomic E-state index is 0.00637. The number of carbonyl (C=O) groups is 2. The first-order valence-corrected chi connectivity index (χ1v) is 15.5. The molecule has 3 heterocycles. The van der Waals surface area contributed by atoms with Gasteiger partial charge in [-0.15, -0.1) is 17.8 Å². The number of piperazine rings is 1. The number of aromatic nitrogens is 2. The van der Waals surface area contributed by atoms with Crippen molar-refractivity contribution in [1.82, 2.24) is 29.0 Å². The third-order valence-electron chi connectivity index (χ3n) is 7.82. The molecule has 2 aromatic heterocycles. The summed E-state index contributed by atoms with van der Waals surface area (Å²) in [4.78, 5) is 40.6. The van der Waals surface area contributed by atoms with E-state index >= 15 is 0 Å². The van der Waals surface area contributed by atoms with Gasteiger partial charge in [-0.1, -0.05) is 5.92 Å². The third-order valence-corrected chi connectivity index (χ3v) is 10.7. The fourth-order valence-corrected chi connectivity index (χ4v) is 7.98. The van der Waals surface area contributed by atoms with Gasteiger partial charge in [-0.2, -0.15) is 4.31 Å². The minimum Gasteiger partial charge on any atom is -0.349 e. The highest BCUT2D eigenvalue weighted by atomic mass is 32.2. The van der Waals surface area contributed by atoms with E-state index in [1.807, 2.05) is 0 Å². The Balaban J connectivity index is 1.40. The second-order valence-corrected chi connectivity index (χ2v) is 13.8. The number of likely N-dealkylation sites (N-methyl/N-ethyl adjacent to an activating group) is 1. The van der Waals surface area contributed by atoms with Crippen LogP contribution in [0.5, 0.6) is 0 Å². The van der Waals surface area contributed by atoms with Crippen LogP contribution in [0.1, 0.15) is 38.8 Å². The monoisotopic (exact) mass is 582 g/mol. The zero-order valence-corrected chi connectivity index (χ0v) is 24.8. The molecule has 1 fully saturated rings. The van der Waals surface area contributed by atoms with E-state index in [4.69, 9.17) is 6.42 Å². The summed E-state index contributed by atoms with van der Waals surface area (Å²) in [5.41, 5.74) is 2.29. The van der Waals surface area contributed by atoms with E-state index in [2.05, 4.69) is 34.9 Å². The summed E-state index contributed by atoms with van der Waals surface area (Å²) in [5.74, 6) is 2.13. The van der Waals surface area contributed by atoms with Crippen LogP contribution in [0.25, 0.3) is 10.9 Å².